The predicted molar refractivity (Wildman–Crippen MR) is 46.2 cm³/mol. The van der Waals surface area contributed by atoms with E-state index < -0.39 is 0 Å². The highest BCUT2D eigenvalue weighted by atomic mass is 16.1. The third-order valence-electron chi connectivity index (χ3n) is 1.32. The van der Waals surface area contributed by atoms with E-state index in [1.54, 1.807) is 6.20 Å². The summed E-state index contributed by atoms with van der Waals surface area (Å²) in [6.07, 6.45) is 1.68. The van der Waals surface area contributed by atoms with Crippen LogP contribution in [0, 0.1) is 6.92 Å². The van der Waals surface area contributed by atoms with E-state index in [1.165, 1.54) is 6.92 Å². The van der Waals surface area contributed by atoms with Gasteiger partial charge in [0.2, 0.25) is 5.91 Å². The summed E-state index contributed by atoms with van der Waals surface area (Å²) in [6.45, 7) is 6.97. The molecular formula is C8H11N3O. The molecular weight excluding hydrogens is 154 g/mol. The number of hydrogen-bond acceptors (Lipinski definition) is 2. The van der Waals surface area contributed by atoms with Crippen LogP contribution in [0.3, 0.4) is 0 Å². The van der Waals surface area contributed by atoms with Crippen molar-refractivity contribution in [1.29, 1.82) is 0 Å². The van der Waals surface area contributed by atoms with Crippen molar-refractivity contribution in [3.05, 3.63) is 24.3 Å². The Labute approximate surface area is 70.7 Å². The number of aromatic nitrogens is 2. The maximum absolute atomic E-state index is 10.6. The lowest BCUT2D eigenvalue weighted by Crippen LogP contribution is -2.17. The van der Waals surface area contributed by atoms with Crippen LogP contribution in [0.4, 0.5) is 0 Å². The third kappa shape index (κ3) is 1.95. The van der Waals surface area contributed by atoms with Gasteiger partial charge in [-0.3, -0.25) is 4.79 Å². The van der Waals surface area contributed by atoms with Crippen LogP contribution in [0.15, 0.2) is 12.8 Å². The molecule has 1 aromatic heterocycles. The molecule has 0 radical (unpaired) electrons. The summed E-state index contributed by atoms with van der Waals surface area (Å²) in [5, 5.41) is 2.55. The molecule has 12 heavy (non-hydrogen) atoms. The maximum Gasteiger partial charge on any atom is 0.221 e. The first-order chi connectivity index (χ1) is 5.59. The normalized spacial score (nSPS) is 9.50. The largest absolute Gasteiger partial charge is 0.341 e. The van der Waals surface area contributed by atoms with E-state index in [2.05, 4.69) is 21.9 Å². The van der Waals surface area contributed by atoms with Crippen molar-refractivity contribution in [2.75, 3.05) is 0 Å². The van der Waals surface area contributed by atoms with E-state index in [0.29, 0.717) is 11.5 Å². The minimum atomic E-state index is -0.144. The summed E-state index contributed by atoms with van der Waals surface area (Å²) in [4.78, 5) is 17.6. The molecule has 0 bridgehead atoms. The molecule has 0 aliphatic carbocycles. The van der Waals surface area contributed by atoms with Crippen LogP contribution in [0.25, 0.3) is 5.70 Å². The van der Waals surface area contributed by atoms with Gasteiger partial charge in [-0.05, 0) is 6.92 Å². The first kappa shape index (κ1) is 8.52. The van der Waals surface area contributed by atoms with Gasteiger partial charge in [0.05, 0.1) is 5.70 Å². The van der Waals surface area contributed by atoms with Gasteiger partial charge in [-0.25, -0.2) is 4.98 Å². The fourth-order valence-electron chi connectivity index (χ4n) is 0.838. The zero-order valence-corrected chi connectivity index (χ0v) is 7.14. The highest BCUT2D eigenvalue weighted by Crippen LogP contribution is 2.03. The Morgan fingerprint density at radius 3 is 2.83 bits per heavy atom. The number of aryl methyl sites for hydroxylation is 1. The number of imidazole rings is 1. The quantitative estimate of drug-likeness (QED) is 0.681. The maximum atomic E-state index is 10.6. The molecule has 1 rings (SSSR count). The van der Waals surface area contributed by atoms with E-state index >= 15 is 0 Å². The summed E-state index contributed by atoms with van der Waals surface area (Å²) >= 11 is 0. The standard InChI is InChI=1S/C8H11N3O/c1-5-4-9-8(10-5)6(2)11-7(3)12/h4H,2H2,1,3H3,(H,9,10)(H,11,12). The second-order valence-electron chi connectivity index (χ2n) is 2.57. The molecule has 0 fully saturated rings. The van der Waals surface area contributed by atoms with Crippen LogP contribution in [0.2, 0.25) is 0 Å². The molecule has 64 valence electrons. The molecule has 1 aromatic rings. The molecule has 0 spiro atoms. The number of amides is 1. The third-order valence-corrected chi connectivity index (χ3v) is 1.32. The van der Waals surface area contributed by atoms with Gasteiger partial charge in [0.1, 0.15) is 0 Å². The SMILES string of the molecule is C=C(NC(C)=O)c1ncc(C)[nH]1. The molecule has 4 heteroatoms. The number of nitrogens with one attached hydrogen (secondary N) is 2. The van der Waals surface area contributed by atoms with Crippen molar-refractivity contribution in [2.45, 2.75) is 13.8 Å². The molecule has 1 heterocycles. The average Bonchev–Trinajstić information content (AvgIpc) is 2.34. The zero-order chi connectivity index (χ0) is 9.14. The zero-order valence-electron chi connectivity index (χ0n) is 7.14. The lowest BCUT2D eigenvalue weighted by atomic mass is 10.4. The van der Waals surface area contributed by atoms with E-state index in [1.807, 2.05) is 6.92 Å². The first-order valence-electron chi connectivity index (χ1n) is 3.58. The van der Waals surface area contributed by atoms with Crippen molar-refractivity contribution in [1.82, 2.24) is 15.3 Å². The van der Waals surface area contributed by atoms with Gasteiger partial charge >= 0.3 is 0 Å². The van der Waals surface area contributed by atoms with Crippen LogP contribution in [0.5, 0.6) is 0 Å². The first-order valence-corrected chi connectivity index (χ1v) is 3.58. The van der Waals surface area contributed by atoms with Crippen molar-refractivity contribution in [3.63, 3.8) is 0 Å². The lowest BCUT2D eigenvalue weighted by Gasteiger charge is -2.00. The summed E-state index contributed by atoms with van der Waals surface area (Å²) in [5.74, 6) is 0.455. The second-order valence-corrected chi connectivity index (χ2v) is 2.57. The minimum absolute atomic E-state index is 0.144. The molecule has 0 atom stereocenters. The van der Waals surface area contributed by atoms with Gasteiger partial charge < -0.3 is 10.3 Å². The van der Waals surface area contributed by atoms with E-state index in [4.69, 9.17) is 0 Å². The molecule has 2 N–H and O–H groups in total. The van der Waals surface area contributed by atoms with E-state index in [-0.39, 0.29) is 5.91 Å². The van der Waals surface area contributed by atoms with Crippen LogP contribution in [-0.4, -0.2) is 15.9 Å². The highest BCUT2D eigenvalue weighted by Gasteiger charge is 2.02. The topological polar surface area (TPSA) is 57.8 Å². The Morgan fingerprint density at radius 1 is 1.75 bits per heavy atom. The molecule has 0 aliphatic rings. The van der Waals surface area contributed by atoms with Crippen LogP contribution in [-0.2, 0) is 4.79 Å². The van der Waals surface area contributed by atoms with E-state index in [9.17, 15) is 4.79 Å². The van der Waals surface area contributed by atoms with Gasteiger partial charge in [-0.1, -0.05) is 6.58 Å². The molecule has 0 saturated heterocycles. The summed E-state index contributed by atoms with van der Waals surface area (Å²) in [5.41, 5.74) is 1.44. The Morgan fingerprint density at radius 2 is 2.42 bits per heavy atom. The van der Waals surface area contributed by atoms with Gasteiger partial charge in [0.25, 0.3) is 0 Å². The number of H-pyrrole nitrogens is 1. The number of nitrogens with zero attached hydrogens (tertiary/aromatic N) is 1. The Bertz CT molecular complexity index is 314. The molecule has 0 aromatic carbocycles. The molecule has 4 nitrogen and oxygen atoms in total. The van der Waals surface area contributed by atoms with Crippen LogP contribution in [0.1, 0.15) is 18.4 Å². The number of carbonyl (C=O) groups is 1. The lowest BCUT2D eigenvalue weighted by molar-refractivity contribution is -0.117. The molecule has 0 saturated carbocycles. The van der Waals surface area contributed by atoms with Crippen molar-refractivity contribution >= 4 is 11.6 Å². The number of hydrogen-bond donors (Lipinski definition) is 2. The van der Waals surface area contributed by atoms with Gasteiger partial charge in [-0.2, -0.15) is 0 Å². The Kier molecular flexibility index (Phi) is 2.28. The van der Waals surface area contributed by atoms with Crippen molar-refractivity contribution in [3.8, 4) is 0 Å². The Balaban J connectivity index is 2.72. The monoisotopic (exact) mass is 165 g/mol. The number of carbonyl (C=O) groups excluding carboxylic acids is 1. The molecule has 0 unspecified atom stereocenters. The molecule has 0 aliphatic heterocycles. The summed E-state index contributed by atoms with van der Waals surface area (Å²) in [7, 11) is 0. The summed E-state index contributed by atoms with van der Waals surface area (Å²) < 4.78 is 0. The van der Waals surface area contributed by atoms with Gasteiger partial charge in [0.15, 0.2) is 5.82 Å². The van der Waals surface area contributed by atoms with Gasteiger partial charge in [-0.15, -0.1) is 0 Å². The molecule has 1 amide bonds. The smallest absolute Gasteiger partial charge is 0.221 e. The van der Waals surface area contributed by atoms with Crippen LogP contribution >= 0.6 is 0 Å². The minimum Gasteiger partial charge on any atom is -0.341 e. The fraction of sp³-hybridized carbons (Fsp3) is 0.250. The highest BCUT2D eigenvalue weighted by molar-refractivity contribution is 5.82. The average molecular weight is 165 g/mol. The van der Waals surface area contributed by atoms with E-state index in [0.717, 1.165) is 5.69 Å². The summed E-state index contributed by atoms with van der Waals surface area (Å²) in [6, 6.07) is 0. The van der Waals surface area contributed by atoms with Gasteiger partial charge in [0, 0.05) is 18.8 Å². The fourth-order valence-corrected chi connectivity index (χ4v) is 0.838. The van der Waals surface area contributed by atoms with Crippen molar-refractivity contribution < 1.29 is 4.79 Å². The van der Waals surface area contributed by atoms with Crippen molar-refractivity contribution in [2.24, 2.45) is 0 Å². The predicted octanol–water partition coefficient (Wildman–Crippen LogP) is 0.825. The van der Waals surface area contributed by atoms with Crippen LogP contribution < -0.4 is 5.32 Å². The number of rotatable bonds is 2. The second kappa shape index (κ2) is 3.21. The Hall–Kier alpha value is -1.58. The number of aromatic amines is 1.